The van der Waals surface area contributed by atoms with E-state index in [1.54, 1.807) is 12.0 Å². The van der Waals surface area contributed by atoms with Crippen LogP contribution in [0.4, 0.5) is 0 Å². The molecular formula is C20H27N2O2+. The average Bonchev–Trinajstić information content (AvgIpc) is 2.66. The Labute approximate surface area is 143 Å². The van der Waals surface area contributed by atoms with Gasteiger partial charge in [-0.05, 0) is 42.2 Å². The number of rotatable bonds is 4. The van der Waals surface area contributed by atoms with Gasteiger partial charge in [-0.1, -0.05) is 6.92 Å². The van der Waals surface area contributed by atoms with Crippen LogP contribution in [0.25, 0.3) is 10.9 Å². The predicted octanol–water partition coefficient (Wildman–Crippen LogP) is 1.98. The lowest BCUT2D eigenvalue weighted by molar-refractivity contribution is -0.950. The molecule has 4 heterocycles. The summed E-state index contributed by atoms with van der Waals surface area (Å²) >= 11 is 0. The zero-order chi connectivity index (χ0) is 16.7. The summed E-state index contributed by atoms with van der Waals surface area (Å²) in [7, 11) is 1.68. The van der Waals surface area contributed by atoms with E-state index in [9.17, 15) is 5.11 Å². The first kappa shape index (κ1) is 15.9. The van der Waals surface area contributed by atoms with Crippen molar-refractivity contribution in [2.75, 3.05) is 20.2 Å². The van der Waals surface area contributed by atoms with Gasteiger partial charge in [-0.15, -0.1) is 0 Å². The number of benzene rings is 1. The van der Waals surface area contributed by atoms with Crippen LogP contribution in [-0.2, 0) is 0 Å². The third kappa shape index (κ3) is 2.58. The number of aliphatic hydroxyl groups is 1. The molecule has 0 radical (unpaired) electrons. The van der Waals surface area contributed by atoms with E-state index in [0.29, 0.717) is 6.04 Å². The van der Waals surface area contributed by atoms with Gasteiger partial charge >= 0.3 is 0 Å². The zero-order valence-corrected chi connectivity index (χ0v) is 14.5. The molecule has 1 aromatic heterocycles. The van der Waals surface area contributed by atoms with E-state index in [-0.39, 0.29) is 0 Å². The Balaban J connectivity index is 1.68. The van der Waals surface area contributed by atoms with Crippen LogP contribution in [-0.4, -0.2) is 36.3 Å². The first-order chi connectivity index (χ1) is 11.7. The number of nitrogens with one attached hydrogen (secondary N) is 1. The zero-order valence-electron chi connectivity index (χ0n) is 14.5. The van der Waals surface area contributed by atoms with E-state index in [0.717, 1.165) is 40.5 Å². The SMILES string of the molecule is CC[C@H]1C[NH+]2CC[C@H]1C[C@@H]2[C@H](O)c1ccnc2ccc(OC)cc12. The summed E-state index contributed by atoms with van der Waals surface area (Å²) in [5.41, 5.74) is 1.92. The van der Waals surface area contributed by atoms with E-state index in [4.69, 9.17) is 4.74 Å². The first-order valence-corrected chi connectivity index (χ1v) is 9.16. The number of pyridine rings is 1. The van der Waals surface area contributed by atoms with Crippen LogP contribution < -0.4 is 9.64 Å². The number of hydrogen-bond donors (Lipinski definition) is 2. The van der Waals surface area contributed by atoms with Crippen molar-refractivity contribution in [3.8, 4) is 5.75 Å². The molecule has 5 atom stereocenters. The molecule has 0 spiro atoms. The molecule has 0 aliphatic carbocycles. The molecular weight excluding hydrogens is 300 g/mol. The van der Waals surface area contributed by atoms with Crippen molar-refractivity contribution in [2.45, 2.75) is 38.3 Å². The second-order valence-electron chi connectivity index (χ2n) is 7.40. The number of hydrogen-bond acceptors (Lipinski definition) is 3. The van der Waals surface area contributed by atoms with E-state index in [2.05, 4.69) is 11.9 Å². The van der Waals surface area contributed by atoms with Gasteiger partial charge in [0.05, 0.1) is 25.7 Å². The topological polar surface area (TPSA) is 46.8 Å². The van der Waals surface area contributed by atoms with Crippen molar-refractivity contribution in [1.82, 2.24) is 4.98 Å². The molecule has 4 heteroatoms. The molecule has 5 rings (SSSR count). The highest BCUT2D eigenvalue weighted by Crippen LogP contribution is 2.35. The molecule has 1 unspecified atom stereocenters. The van der Waals surface area contributed by atoms with Crippen molar-refractivity contribution in [3.05, 3.63) is 36.0 Å². The van der Waals surface area contributed by atoms with Gasteiger partial charge in [0, 0.05) is 30.3 Å². The van der Waals surface area contributed by atoms with Crippen LogP contribution in [0.15, 0.2) is 30.5 Å². The number of nitrogens with zero attached hydrogens (tertiary/aromatic N) is 1. The van der Waals surface area contributed by atoms with Gasteiger partial charge in [0.25, 0.3) is 0 Å². The molecule has 3 saturated heterocycles. The van der Waals surface area contributed by atoms with Crippen molar-refractivity contribution >= 4 is 10.9 Å². The van der Waals surface area contributed by atoms with Crippen molar-refractivity contribution in [1.29, 1.82) is 0 Å². The molecule has 2 bridgehead atoms. The standard InChI is InChI=1S/C20H26N2O2/c1-3-13-12-22-9-7-14(13)10-19(22)20(23)16-6-8-21-18-5-4-15(24-2)11-17(16)18/h4-6,8,11,13-14,19-20,23H,3,7,9-10,12H2,1-2H3/p+1/t13-,14-,19+,20+/m0/s1. The lowest BCUT2D eigenvalue weighted by atomic mass is 9.72. The van der Waals surface area contributed by atoms with Gasteiger partial charge in [-0.3, -0.25) is 4.98 Å². The molecule has 3 aliphatic rings. The van der Waals surface area contributed by atoms with E-state index in [1.165, 1.54) is 25.9 Å². The Morgan fingerprint density at radius 2 is 2.25 bits per heavy atom. The number of ether oxygens (including phenoxy) is 1. The average molecular weight is 327 g/mol. The van der Waals surface area contributed by atoms with Gasteiger partial charge < -0.3 is 14.7 Å². The Bertz CT molecular complexity index is 733. The van der Waals surface area contributed by atoms with Crippen LogP contribution in [0.2, 0.25) is 0 Å². The summed E-state index contributed by atoms with van der Waals surface area (Å²) in [4.78, 5) is 6.03. The summed E-state index contributed by atoms with van der Waals surface area (Å²) < 4.78 is 5.37. The third-order valence-electron chi connectivity index (χ3n) is 6.31. The Hall–Kier alpha value is -1.65. The maximum Gasteiger partial charge on any atom is 0.131 e. The molecule has 0 amide bonds. The molecule has 0 saturated carbocycles. The maximum absolute atomic E-state index is 11.2. The minimum absolute atomic E-state index is 0.309. The minimum atomic E-state index is -0.432. The summed E-state index contributed by atoms with van der Waals surface area (Å²) in [6.45, 7) is 4.73. The van der Waals surface area contributed by atoms with Gasteiger partial charge in [0.1, 0.15) is 17.9 Å². The van der Waals surface area contributed by atoms with Crippen LogP contribution >= 0.6 is 0 Å². The quantitative estimate of drug-likeness (QED) is 0.903. The summed E-state index contributed by atoms with van der Waals surface area (Å²) in [5.74, 6) is 2.44. The minimum Gasteiger partial charge on any atom is -0.497 e. The van der Waals surface area contributed by atoms with Crippen molar-refractivity contribution < 1.29 is 14.7 Å². The third-order valence-corrected chi connectivity index (χ3v) is 6.31. The number of aromatic nitrogens is 1. The van der Waals surface area contributed by atoms with Crippen LogP contribution in [0.3, 0.4) is 0 Å². The first-order valence-electron chi connectivity index (χ1n) is 9.16. The number of methoxy groups -OCH3 is 1. The normalized spacial score (nSPS) is 30.5. The fourth-order valence-corrected chi connectivity index (χ4v) is 4.93. The predicted molar refractivity (Wildman–Crippen MR) is 94.2 cm³/mol. The van der Waals surface area contributed by atoms with Crippen molar-refractivity contribution in [2.24, 2.45) is 11.8 Å². The van der Waals surface area contributed by atoms with E-state index < -0.39 is 6.10 Å². The van der Waals surface area contributed by atoms with E-state index in [1.807, 2.05) is 30.5 Å². The number of aliphatic hydroxyl groups excluding tert-OH is 1. The van der Waals surface area contributed by atoms with Crippen LogP contribution in [0.1, 0.15) is 37.9 Å². The highest BCUT2D eigenvalue weighted by molar-refractivity contribution is 5.83. The molecule has 2 N–H and O–H groups in total. The Kier molecular flexibility index (Phi) is 4.19. The van der Waals surface area contributed by atoms with Gasteiger partial charge in [0.15, 0.2) is 0 Å². The number of fused-ring (bicyclic) bond motifs is 4. The summed E-state index contributed by atoms with van der Waals surface area (Å²) in [6.07, 6.45) is 5.11. The lowest BCUT2D eigenvalue weighted by Gasteiger charge is -2.48. The van der Waals surface area contributed by atoms with Gasteiger partial charge in [-0.25, -0.2) is 0 Å². The molecule has 24 heavy (non-hydrogen) atoms. The maximum atomic E-state index is 11.2. The monoisotopic (exact) mass is 327 g/mol. The largest absolute Gasteiger partial charge is 0.497 e. The van der Waals surface area contributed by atoms with Crippen molar-refractivity contribution in [3.63, 3.8) is 0 Å². The summed E-state index contributed by atoms with van der Waals surface area (Å²) in [6, 6.07) is 8.18. The molecule has 2 aromatic rings. The number of quaternary nitrogens is 1. The van der Waals surface area contributed by atoms with Gasteiger partial charge in [-0.2, -0.15) is 0 Å². The molecule has 3 fully saturated rings. The highest BCUT2D eigenvalue weighted by atomic mass is 16.5. The second kappa shape index (κ2) is 6.34. The Morgan fingerprint density at radius 3 is 2.96 bits per heavy atom. The highest BCUT2D eigenvalue weighted by Gasteiger charge is 2.46. The van der Waals surface area contributed by atoms with Gasteiger partial charge in [0.2, 0.25) is 0 Å². The smallest absolute Gasteiger partial charge is 0.131 e. The summed E-state index contributed by atoms with van der Waals surface area (Å²) in [5, 5.41) is 12.2. The molecule has 3 aliphatic heterocycles. The Morgan fingerprint density at radius 1 is 1.38 bits per heavy atom. The second-order valence-corrected chi connectivity index (χ2v) is 7.40. The fraction of sp³-hybridized carbons (Fsp3) is 0.550. The lowest BCUT2D eigenvalue weighted by Crippen LogP contribution is -3.20. The van der Waals surface area contributed by atoms with E-state index >= 15 is 0 Å². The molecule has 4 nitrogen and oxygen atoms in total. The molecule has 128 valence electrons. The number of piperidine rings is 3. The van der Waals surface area contributed by atoms with Crippen LogP contribution in [0, 0.1) is 11.8 Å². The van der Waals surface area contributed by atoms with Crippen LogP contribution in [0.5, 0.6) is 5.75 Å². The molecule has 1 aromatic carbocycles. The fourth-order valence-electron chi connectivity index (χ4n) is 4.93.